The minimum Gasteiger partial charge on any atom is -0.324 e. The number of hydrogen-bond donors (Lipinski definition) is 2. The zero-order valence-corrected chi connectivity index (χ0v) is 20.1. The van der Waals surface area contributed by atoms with E-state index in [1.165, 1.54) is 29.1 Å². The largest absolute Gasteiger partial charge is 0.324 e. The van der Waals surface area contributed by atoms with Gasteiger partial charge in [-0.3, -0.25) is 9.89 Å². The fourth-order valence-corrected chi connectivity index (χ4v) is 6.17. The average molecular weight is 500 g/mol. The first-order valence-electron chi connectivity index (χ1n) is 12.2. The van der Waals surface area contributed by atoms with Crippen molar-refractivity contribution in [1.29, 1.82) is 0 Å². The summed E-state index contributed by atoms with van der Waals surface area (Å²) in [6.45, 7) is -0.576. The third-order valence-corrected chi connectivity index (χ3v) is 8.05. The van der Waals surface area contributed by atoms with Gasteiger partial charge in [0.15, 0.2) is 11.6 Å². The van der Waals surface area contributed by atoms with E-state index >= 15 is 0 Å². The summed E-state index contributed by atoms with van der Waals surface area (Å²) in [6, 6.07) is 1.03. The number of hydrogen-bond acceptors (Lipinski definition) is 8. The summed E-state index contributed by atoms with van der Waals surface area (Å²) in [5, 5.41) is 13.3. The van der Waals surface area contributed by atoms with Crippen LogP contribution in [0.25, 0.3) is 0 Å². The van der Waals surface area contributed by atoms with Crippen molar-refractivity contribution in [3.05, 3.63) is 39.6 Å². The van der Waals surface area contributed by atoms with Gasteiger partial charge in [0, 0.05) is 41.2 Å². The van der Waals surface area contributed by atoms with Crippen molar-refractivity contribution >= 4 is 34.7 Å². The molecule has 6 rings (SSSR count). The van der Waals surface area contributed by atoms with E-state index in [-0.39, 0.29) is 18.2 Å². The number of aromatic nitrogens is 5. The van der Waals surface area contributed by atoms with Crippen LogP contribution in [0.1, 0.15) is 66.4 Å². The molecule has 1 unspecified atom stereocenters. The first kappa shape index (κ1) is 22.5. The molecule has 35 heavy (non-hydrogen) atoms. The third kappa shape index (κ3) is 4.53. The van der Waals surface area contributed by atoms with E-state index in [0.29, 0.717) is 22.6 Å². The molecule has 1 saturated carbocycles. The molecule has 0 spiro atoms. The molecule has 8 nitrogen and oxygen atoms in total. The van der Waals surface area contributed by atoms with Crippen LogP contribution in [0.2, 0.25) is 0 Å². The van der Waals surface area contributed by atoms with Gasteiger partial charge in [-0.15, -0.1) is 11.3 Å². The molecular formula is C24H27F2N7OS. The highest BCUT2D eigenvalue weighted by atomic mass is 32.1. The Morgan fingerprint density at radius 1 is 1.23 bits per heavy atom. The molecule has 1 aliphatic heterocycles. The molecule has 0 bridgehead atoms. The Labute approximate surface area is 205 Å². The Morgan fingerprint density at radius 2 is 2.09 bits per heavy atom. The smallest absolute Gasteiger partial charge is 0.267 e. The maximum absolute atomic E-state index is 14.5. The second-order valence-corrected chi connectivity index (χ2v) is 10.7. The lowest BCUT2D eigenvalue weighted by molar-refractivity contribution is -0.120. The molecule has 2 N–H and O–H groups in total. The Bertz CT molecular complexity index is 1220. The van der Waals surface area contributed by atoms with Gasteiger partial charge < -0.3 is 10.2 Å². The highest BCUT2D eigenvalue weighted by Crippen LogP contribution is 2.38. The van der Waals surface area contributed by atoms with Gasteiger partial charge in [0.05, 0.1) is 29.7 Å². The van der Waals surface area contributed by atoms with Crippen LogP contribution in [-0.4, -0.2) is 49.4 Å². The number of H-pyrrole nitrogens is 1. The number of nitrogens with zero attached hydrogens (tertiary/aromatic N) is 5. The van der Waals surface area contributed by atoms with E-state index in [1.807, 2.05) is 6.07 Å². The Kier molecular flexibility index (Phi) is 5.74. The van der Waals surface area contributed by atoms with E-state index in [0.717, 1.165) is 49.1 Å². The van der Waals surface area contributed by atoms with Crippen LogP contribution in [-0.2, 0) is 24.1 Å². The summed E-state index contributed by atoms with van der Waals surface area (Å²) in [4.78, 5) is 27.9. The summed E-state index contributed by atoms with van der Waals surface area (Å²) < 4.78 is 29.1. The van der Waals surface area contributed by atoms with Crippen molar-refractivity contribution in [2.75, 3.05) is 16.8 Å². The van der Waals surface area contributed by atoms with Crippen molar-refractivity contribution in [3.8, 4) is 0 Å². The first-order valence-corrected chi connectivity index (χ1v) is 13.1. The van der Waals surface area contributed by atoms with Gasteiger partial charge >= 0.3 is 0 Å². The van der Waals surface area contributed by atoms with Crippen LogP contribution in [0.15, 0.2) is 17.6 Å². The maximum atomic E-state index is 14.5. The SMILES string of the molecule is O=C(Cc1nccs1)C1CC(F)(F)CN1c1nc2c(c(Nc3cc(C4CCCC4)[nH]n3)n1)CCC2. The molecule has 2 fully saturated rings. The Morgan fingerprint density at radius 3 is 2.89 bits per heavy atom. The summed E-state index contributed by atoms with van der Waals surface area (Å²) in [6.07, 6.45) is 8.41. The number of nitrogens with one attached hydrogen (secondary N) is 2. The third-order valence-electron chi connectivity index (χ3n) is 7.27. The fourth-order valence-electron chi connectivity index (χ4n) is 5.54. The van der Waals surface area contributed by atoms with Crippen molar-refractivity contribution < 1.29 is 13.6 Å². The summed E-state index contributed by atoms with van der Waals surface area (Å²) in [5.74, 6) is -1.35. The van der Waals surface area contributed by atoms with Crippen LogP contribution >= 0.6 is 11.3 Å². The highest BCUT2D eigenvalue weighted by molar-refractivity contribution is 7.09. The monoisotopic (exact) mass is 499 g/mol. The molecule has 3 aromatic rings. The summed E-state index contributed by atoms with van der Waals surface area (Å²) >= 11 is 1.35. The number of aromatic amines is 1. The number of ketones is 1. The van der Waals surface area contributed by atoms with Gasteiger partial charge in [-0.2, -0.15) is 10.1 Å². The van der Waals surface area contributed by atoms with Gasteiger partial charge in [-0.25, -0.2) is 18.7 Å². The normalized spacial score (nSPS) is 21.5. The summed E-state index contributed by atoms with van der Waals surface area (Å²) in [7, 11) is 0. The number of Topliss-reactive ketones (excluding diaryl/α,β-unsaturated/α-hetero) is 1. The topological polar surface area (TPSA) is 99.7 Å². The number of anilines is 3. The molecule has 11 heteroatoms. The molecule has 1 atom stereocenters. The molecule has 0 aromatic carbocycles. The molecule has 3 aliphatic rings. The fraction of sp³-hybridized carbons (Fsp3) is 0.542. The molecule has 0 radical (unpaired) electrons. The lowest BCUT2D eigenvalue weighted by Gasteiger charge is -2.24. The molecule has 1 saturated heterocycles. The zero-order valence-electron chi connectivity index (χ0n) is 19.3. The molecule has 0 amide bonds. The number of carbonyl (C=O) groups is 1. The number of fused-ring (bicyclic) bond motifs is 1. The number of halogens is 2. The summed E-state index contributed by atoms with van der Waals surface area (Å²) in [5.41, 5.74) is 2.96. The van der Waals surface area contributed by atoms with E-state index in [1.54, 1.807) is 11.6 Å². The van der Waals surface area contributed by atoms with E-state index in [2.05, 4.69) is 30.5 Å². The van der Waals surface area contributed by atoms with Crippen LogP contribution in [0, 0.1) is 0 Å². The van der Waals surface area contributed by atoms with Crippen LogP contribution < -0.4 is 10.2 Å². The number of alkyl halides is 2. The molecule has 4 heterocycles. The molecular weight excluding hydrogens is 472 g/mol. The minimum atomic E-state index is -2.99. The second-order valence-electron chi connectivity index (χ2n) is 9.74. The Hall–Kier alpha value is -2.95. The minimum absolute atomic E-state index is 0.0299. The molecule has 3 aromatic heterocycles. The molecule has 184 valence electrons. The van der Waals surface area contributed by atoms with Crippen molar-refractivity contribution in [2.24, 2.45) is 0 Å². The van der Waals surface area contributed by atoms with Crippen molar-refractivity contribution in [3.63, 3.8) is 0 Å². The van der Waals surface area contributed by atoms with Crippen LogP contribution in [0.4, 0.5) is 26.4 Å². The number of rotatable bonds is 7. The number of aryl methyl sites for hydroxylation is 1. The Balaban J connectivity index is 1.29. The van der Waals surface area contributed by atoms with Gasteiger partial charge in [0.1, 0.15) is 5.82 Å². The van der Waals surface area contributed by atoms with Crippen molar-refractivity contribution in [2.45, 2.75) is 75.7 Å². The standard InChI is InChI=1S/C24H27F2N7OS/c25-24(26)12-18(19(34)11-21-27-8-9-35-21)33(13-24)23-28-16-7-3-6-15(16)22(30-23)29-20-10-17(31-32-20)14-4-1-2-5-14/h8-10,14,18H,1-7,11-13H2,(H2,28,29,30,31,32). The van der Waals surface area contributed by atoms with Crippen LogP contribution in [0.5, 0.6) is 0 Å². The first-order chi connectivity index (χ1) is 16.9. The predicted molar refractivity (Wildman–Crippen MR) is 129 cm³/mol. The quantitative estimate of drug-likeness (QED) is 0.491. The molecule has 2 aliphatic carbocycles. The van der Waals surface area contributed by atoms with Gasteiger partial charge in [0.25, 0.3) is 5.92 Å². The highest BCUT2D eigenvalue weighted by Gasteiger charge is 2.49. The average Bonchev–Trinajstić information content (AvgIpc) is 3.63. The predicted octanol–water partition coefficient (Wildman–Crippen LogP) is 4.57. The zero-order chi connectivity index (χ0) is 24.0. The lowest BCUT2D eigenvalue weighted by Crippen LogP contribution is -2.38. The number of carbonyl (C=O) groups excluding carboxylic acids is 1. The van der Waals surface area contributed by atoms with Gasteiger partial charge in [0.2, 0.25) is 5.95 Å². The van der Waals surface area contributed by atoms with Gasteiger partial charge in [-0.1, -0.05) is 12.8 Å². The maximum Gasteiger partial charge on any atom is 0.267 e. The van der Waals surface area contributed by atoms with Crippen LogP contribution in [0.3, 0.4) is 0 Å². The number of thiazole rings is 1. The van der Waals surface area contributed by atoms with E-state index in [9.17, 15) is 13.6 Å². The van der Waals surface area contributed by atoms with Gasteiger partial charge in [-0.05, 0) is 32.1 Å². The lowest BCUT2D eigenvalue weighted by atomic mass is 10.0. The van der Waals surface area contributed by atoms with E-state index < -0.39 is 24.9 Å². The second kappa shape index (κ2) is 8.92. The van der Waals surface area contributed by atoms with E-state index in [4.69, 9.17) is 0 Å². The van der Waals surface area contributed by atoms with Crippen molar-refractivity contribution in [1.82, 2.24) is 25.1 Å².